The first-order valence-electron chi connectivity index (χ1n) is 8.00. The first-order valence-corrected chi connectivity index (χ1v) is 8.00. The van der Waals surface area contributed by atoms with Crippen molar-refractivity contribution in [1.29, 1.82) is 0 Å². The summed E-state index contributed by atoms with van der Waals surface area (Å²) in [7, 11) is 0. The summed E-state index contributed by atoms with van der Waals surface area (Å²) in [6, 6.07) is 13.9. The van der Waals surface area contributed by atoms with Gasteiger partial charge in [-0.05, 0) is 16.7 Å². The summed E-state index contributed by atoms with van der Waals surface area (Å²) >= 11 is 0. The van der Waals surface area contributed by atoms with E-state index in [1.807, 2.05) is 24.3 Å². The second-order valence-electron chi connectivity index (χ2n) is 5.79. The highest BCUT2D eigenvalue weighted by Crippen LogP contribution is 2.12. The number of hydrogen-bond donors (Lipinski definition) is 1. The van der Waals surface area contributed by atoms with Crippen molar-refractivity contribution in [3.05, 3.63) is 88.0 Å². The van der Waals surface area contributed by atoms with E-state index in [-0.39, 0.29) is 18.0 Å². The number of aromatic nitrogens is 3. The van der Waals surface area contributed by atoms with Crippen molar-refractivity contribution in [2.45, 2.75) is 19.5 Å². The molecule has 0 saturated carbocycles. The third-order valence-electron chi connectivity index (χ3n) is 3.84. The normalized spacial score (nSPS) is 10.5. The molecule has 26 heavy (non-hydrogen) atoms. The van der Waals surface area contributed by atoms with E-state index in [4.69, 9.17) is 0 Å². The van der Waals surface area contributed by atoms with Crippen LogP contribution in [0.25, 0.3) is 0 Å². The van der Waals surface area contributed by atoms with E-state index in [0.717, 1.165) is 16.7 Å². The fourth-order valence-corrected chi connectivity index (χ4v) is 2.45. The van der Waals surface area contributed by atoms with Gasteiger partial charge in [0.25, 0.3) is 5.69 Å². The highest BCUT2D eigenvalue weighted by Gasteiger charge is 2.07. The van der Waals surface area contributed by atoms with Gasteiger partial charge in [0.1, 0.15) is 12.7 Å². The Morgan fingerprint density at radius 3 is 2.31 bits per heavy atom. The fraction of sp³-hybridized carbons (Fsp3) is 0.167. The molecule has 0 atom stereocenters. The lowest BCUT2D eigenvalue weighted by Crippen LogP contribution is -2.24. The molecule has 1 aromatic heterocycles. The number of carbonyl (C=O) groups excluding carboxylic acids is 1. The number of rotatable bonds is 7. The van der Waals surface area contributed by atoms with E-state index in [0.29, 0.717) is 13.1 Å². The molecule has 3 aromatic rings. The monoisotopic (exact) mass is 351 g/mol. The molecule has 1 amide bonds. The number of nitrogens with one attached hydrogen (secondary N) is 1. The summed E-state index contributed by atoms with van der Waals surface area (Å²) in [6.45, 7) is 1.07. The molecule has 0 aliphatic heterocycles. The van der Waals surface area contributed by atoms with Crippen LogP contribution < -0.4 is 5.32 Å². The molecule has 0 aliphatic rings. The van der Waals surface area contributed by atoms with E-state index < -0.39 is 4.92 Å². The van der Waals surface area contributed by atoms with Crippen LogP contribution in [0.15, 0.2) is 61.2 Å². The quantitative estimate of drug-likeness (QED) is 0.519. The lowest BCUT2D eigenvalue weighted by Gasteiger charge is -2.07. The van der Waals surface area contributed by atoms with Crippen molar-refractivity contribution in [2.75, 3.05) is 0 Å². The first kappa shape index (κ1) is 17.3. The zero-order chi connectivity index (χ0) is 18.4. The Labute approximate surface area is 149 Å². The van der Waals surface area contributed by atoms with Crippen LogP contribution >= 0.6 is 0 Å². The van der Waals surface area contributed by atoms with E-state index >= 15 is 0 Å². The largest absolute Gasteiger partial charge is 0.352 e. The number of nitrogens with zero attached hydrogens (tertiary/aromatic N) is 4. The number of non-ortho nitro benzene ring substituents is 1. The van der Waals surface area contributed by atoms with Crippen LogP contribution in [-0.4, -0.2) is 25.6 Å². The highest BCUT2D eigenvalue weighted by atomic mass is 16.6. The van der Waals surface area contributed by atoms with Gasteiger partial charge in [-0.2, -0.15) is 5.10 Å². The second kappa shape index (κ2) is 8.02. The standard InChI is InChI=1S/C18H17N5O3/c24-18(9-14-5-7-17(8-6-14)23(25)26)20-10-15-1-3-16(4-2-15)11-22-13-19-12-21-22/h1-8,12-13H,9-11H2,(H,20,24). The Hall–Kier alpha value is -3.55. The van der Waals surface area contributed by atoms with Crippen molar-refractivity contribution in [1.82, 2.24) is 20.1 Å². The van der Waals surface area contributed by atoms with Gasteiger partial charge in [0, 0.05) is 18.7 Å². The third kappa shape index (κ3) is 4.73. The molecule has 8 heteroatoms. The van der Waals surface area contributed by atoms with Crippen LogP contribution in [0, 0.1) is 10.1 Å². The van der Waals surface area contributed by atoms with Crippen molar-refractivity contribution in [2.24, 2.45) is 0 Å². The predicted octanol–water partition coefficient (Wildman–Crippen LogP) is 2.09. The summed E-state index contributed by atoms with van der Waals surface area (Å²) in [5.74, 6) is -0.134. The van der Waals surface area contributed by atoms with Gasteiger partial charge in [0.05, 0.1) is 17.9 Å². The summed E-state index contributed by atoms with van der Waals surface area (Å²) in [4.78, 5) is 26.1. The number of nitro benzene ring substituents is 1. The molecule has 0 aliphatic carbocycles. The Balaban J connectivity index is 1.48. The van der Waals surface area contributed by atoms with Gasteiger partial charge in [-0.25, -0.2) is 9.67 Å². The van der Waals surface area contributed by atoms with Gasteiger partial charge < -0.3 is 5.32 Å². The van der Waals surface area contributed by atoms with E-state index in [1.165, 1.54) is 18.5 Å². The van der Waals surface area contributed by atoms with E-state index in [1.54, 1.807) is 23.1 Å². The van der Waals surface area contributed by atoms with E-state index in [2.05, 4.69) is 15.4 Å². The molecule has 0 bridgehead atoms. The van der Waals surface area contributed by atoms with Crippen molar-refractivity contribution < 1.29 is 9.72 Å². The highest BCUT2D eigenvalue weighted by molar-refractivity contribution is 5.78. The Morgan fingerprint density at radius 1 is 1.04 bits per heavy atom. The van der Waals surface area contributed by atoms with Gasteiger partial charge in [0.2, 0.25) is 5.91 Å². The zero-order valence-corrected chi connectivity index (χ0v) is 13.9. The second-order valence-corrected chi connectivity index (χ2v) is 5.79. The Kier molecular flexibility index (Phi) is 5.33. The molecule has 0 saturated heterocycles. The maximum atomic E-state index is 12.0. The van der Waals surface area contributed by atoms with Crippen LogP contribution in [-0.2, 0) is 24.3 Å². The van der Waals surface area contributed by atoms with Crippen LogP contribution in [0.3, 0.4) is 0 Å². The molecule has 0 spiro atoms. The summed E-state index contributed by atoms with van der Waals surface area (Å²) in [5, 5.41) is 17.5. The zero-order valence-electron chi connectivity index (χ0n) is 13.9. The average Bonchev–Trinajstić information content (AvgIpc) is 3.15. The molecular formula is C18H17N5O3. The molecule has 1 N–H and O–H groups in total. The van der Waals surface area contributed by atoms with E-state index in [9.17, 15) is 14.9 Å². The van der Waals surface area contributed by atoms with Gasteiger partial charge >= 0.3 is 0 Å². The molecule has 8 nitrogen and oxygen atoms in total. The summed E-state index contributed by atoms with van der Waals surface area (Å²) < 4.78 is 1.74. The molecule has 1 heterocycles. The molecule has 2 aromatic carbocycles. The molecule has 3 rings (SSSR count). The Bertz CT molecular complexity index is 874. The average molecular weight is 351 g/mol. The number of nitro groups is 1. The smallest absolute Gasteiger partial charge is 0.269 e. The lowest BCUT2D eigenvalue weighted by molar-refractivity contribution is -0.384. The topological polar surface area (TPSA) is 103 Å². The number of benzene rings is 2. The minimum atomic E-state index is -0.462. The minimum absolute atomic E-state index is 0.0140. The number of amides is 1. The summed E-state index contributed by atoms with van der Waals surface area (Å²) in [6.07, 6.45) is 3.34. The maximum Gasteiger partial charge on any atom is 0.269 e. The van der Waals surface area contributed by atoms with Crippen molar-refractivity contribution in [3.63, 3.8) is 0 Å². The Morgan fingerprint density at radius 2 is 1.69 bits per heavy atom. The number of hydrogen-bond acceptors (Lipinski definition) is 5. The van der Waals surface area contributed by atoms with Crippen LogP contribution in [0.1, 0.15) is 16.7 Å². The van der Waals surface area contributed by atoms with Crippen LogP contribution in [0.2, 0.25) is 0 Å². The SMILES string of the molecule is O=C(Cc1ccc([N+](=O)[O-])cc1)NCc1ccc(Cn2cncn2)cc1. The predicted molar refractivity (Wildman–Crippen MR) is 94.2 cm³/mol. The molecule has 0 radical (unpaired) electrons. The first-order chi connectivity index (χ1) is 12.6. The lowest BCUT2D eigenvalue weighted by atomic mass is 10.1. The third-order valence-corrected chi connectivity index (χ3v) is 3.84. The van der Waals surface area contributed by atoms with Gasteiger partial charge in [0.15, 0.2) is 0 Å². The molecule has 132 valence electrons. The maximum absolute atomic E-state index is 12.0. The fourth-order valence-electron chi connectivity index (χ4n) is 2.45. The summed E-state index contributed by atoms with van der Waals surface area (Å²) in [5.41, 5.74) is 2.83. The van der Waals surface area contributed by atoms with Crippen molar-refractivity contribution in [3.8, 4) is 0 Å². The van der Waals surface area contributed by atoms with Gasteiger partial charge in [-0.1, -0.05) is 36.4 Å². The minimum Gasteiger partial charge on any atom is -0.352 e. The molecular weight excluding hydrogens is 334 g/mol. The number of carbonyl (C=O) groups is 1. The van der Waals surface area contributed by atoms with Gasteiger partial charge in [-0.15, -0.1) is 0 Å². The van der Waals surface area contributed by atoms with Gasteiger partial charge in [-0.3, -0.25) is 14.9 Å². The van der Waals surface area contributed by atoms with Crippen molar-refractivity contribution >= 4 is 11.6 Å². The molecule has 0 unspecified atom stereocenters. The van der Waals surface area contributed by atoms with Crippen LogP contribution in [0.4, 0.5) is 5.69 Å². The molecule has 0 fully saturated rings. The van der Waals surface area contributed by atoms with Crippen LogP contribution in [0.5, 0.6) is 0 Å².